The van der Waals surface area contributed by atoms with Crippen LogP contribution in [0.3, 0.4) is 0 Å². The highest BCUT2D eigenvalue weighted by Crippen LogP contribution is 1.96. The molecule has 0 aromatic heterocycles. The van der Waals surface area contributed by atoms with Gasteiger partial charge < -0.3 is 10.5 Å². The Hall–Kier alpha value is 0.210. The molecule has 3 heteroatoms. The van der Waals surface area contributed by atoms with Crippen molar-refractivity contribution in [3.63, 3.8) is 0 Å². The minimum absolute atomic E-state index is 0. The van der Waals surface area contributed by atoms with Crippen molar-refractivity contribution in [1.82, 2.24) is 0 Å². The molecule has 0 saturated carbocycles. The maximum absolute atomic E-state index is 5.39. The molecule has 0 rings (SSSR count). The summed E-state index contributed by atoms with van der Waals surface area (Å²) in [5, 5.41) is 0. The van der Waals surface area contributed by atoms with E-state index < -0.39 is 0 Å². The number of ether oxygens (including phenoxy) is 1. The van der Waals surface area contributed by atoms with Crippen LogP contribution in [0.4, 0.5) is 0 Å². The van der Waals surface area contributed by atoms with Crippen LogP contribution < -0.4 is 5.73 Å². The highest BCUT2D eigenvalue weighted by Gasteiger charge is 2.02. The second kappa shape index (κ2) is 5.35. The molecule has 0 aromatic rings. The molecule has 0 radical (unpaired) electrons. The van der Waals surface area contributed by atoms with E-state index in [1.165, 1.54) is 0 Å². The van der Waals surface area contributed by atoms with Gasteiger partial charge in [-0.05, 0) is 5.92 Å². The lowest BCUT2D eigenvalue weighted by molar-refractivity contribution is 0.0706. The Labute approximate surface area is 56.8 Å². The van der Waals surface area contributed by atoms with Crippen LogP contribution >= 0.6 is 12.4 Å². The maximum atomic E-state index is 5.39. The van der Waals surface area contributed by atoms with Gasteiger partial charge in [-0.15, -0.1) is 12.4 Å². The molecule has 0 aliphatic heterocycles. The van der Waals surface area contributed by atoms with Crippen LogP contribution in [0.15, 0.2) is 0 Å². The standard InChI is InChI=1S/C5H13NO.ClH/c1-4(2)5(6)7-3;/h4-5H,6H2,1-3H3;1H. The summed E-state index contributed by atoms with van der Waals surface area (Å²) in [7, 11) is 1.62. The molecule has 0 bridgehead atoms. The van der Waals surface area contributed by atoms with E-state index in [9.17, 15) is 0 Å². The molecule has 1 atom stereocenters. The molecule has 1 unspecified atom stereocenters. The molecule has 0 aliphatic rings. The van der Waals surface area contributed by atoms with Gasteiger partial charge in [-0.2, -0.15) is 0 Å². The Balaban J connectivity index is 0. The fourth-order valence-corrected chi connectivity index (χ4v) is 0.272. The average molecular weight is 140 g/mol. The molecule has 0 saturated heterocycles. The quantitative estimate of drug-likeness (QED) is 0.580. The first kappa shape index (κ1) is 11.1. The topological polar surface area (TPSA) is 35.2 Å². The second-order valence-electron chi connectivity index (χ2n) is 1.94. The third kappa shape index (κ3) is 4.37. The molecule has 0 heterocycles. The average Bonchev–Trinajstić information content (AvgIpc) is 1.65. The highest BCUT2D eigenvalue weighted by molar-refractivity contribution is 5.85. The van der Waals surface area contributed by atoms with Crippen LogP contribution in [0.25, 0.3) is 0 Å². The summed E-state index contributed by atoms with van der Waals surface area (Å²) in [5.74, 6) is 0.421. The van der Waals surface area contributed by atoms with Gasteiger partial charge in [0, 0.05) is 7.11 Å². The molecule has 52 valence electrons. The molecule has 0 aliphatic carbocycles. The summed E-state index contributed by atoms with van der Waals surface area (Å²) >= 11 is 0. The number of hydrogen-bond donors (Lipinski definition) is 1. The molecule has 0 aromatic carbocycles. The number of rotatable bonds is 2. The number of methoxy groups -OCH3 is 1. The summed E-state index contributed by atoms with van der Waals surface area (Å²) in [6.45, 7) is 4.04. The lowest BCUT2D eigenvalue weighted by Gasteiger charge is -2.11. The zero-order valence-electron chi connectivity index (χ0n) is 5.55. The van der Waals surface area contributed by atoms with Crippen molar-refractivity contribution in [2.75, 3.05) is 7.11 Å². The van der Waals surface area contributed by atoms with Crippen molar-refractivity contribution < 1.29 is 4.74 Å². The van der Waals surface area contributed by atoms with E-state index in [1.807, 2.05) is 13.8 Å². The Bertz CT molecular complexity index is 49.7. The van der Waals surface area contributed by atoms with E-state index in [0.717, 1.165) is 0 Å². The Morgan fingerprint density at radius 3 is 1.75 bits per heavy atom. The van der Waals surface area contributed by atoms with Gasteiger partial charge >= 0.3 is 0 Å². The largest absolute Gasteiger partial charge is 0.367 e. The first-order valence-electron chi connectivity index (χ1n) is 2.47. The zero-order chi connectivity index (χ0) is 5.86. The molecular weight excluding hydrogens is 126 g/mol. The minimum atomic E-state index is -0.0972. The fourth-order valence-electron chi connectivity index (χ4n) is 0.272. The van der Waals surface area contributed by atoms with E-state index in [4.69, 9.17) is 10.5 Å². The van der Waals surface area contributed by atoms with Gasteiger partial charge in [0.25, 0.3) is 0 Å². The van der Waals surface area contributed by atoms with Gasteiger partial charge in [0.2, 0.25) is 0 Å². The Kier molecular flexibility index (Phi) is 7.40. The van der Waals surface area contributed by atoms with Crippen molar-refractivity contribution in [3.05, 3.63) is 0 Å². The Morgan fingerprint density at radius 1 is 1.38 bits per heavy atom. The predicted molar refractivity (Wildman–Crippen MR) is 37.1 cm³/mol. The normalized spacial score (nSPS) is 13.1. The zero-order valence-corrected chi connectivity index (χ0v) is 6.37. The second-order valence-corrected chi connectivity index (χ2v) is 1.94. The van der Waals surface area contributed by atoms with E-state index in [1.54, 1.807) is 7.11 Å². The molecule has 0 fully saturated rings. The van der Waals surface area contributed by atoms with E-state index in [-0.39, 0.29) is 18.6 Å². The van der Waals surface area contributed by atoms with E-state index in [2.05, 4.69) is 0 Å². The van der Waals surface area contributed by atoms with Crippen molar-refractivity contribution in [1.29, 1.82) is 0 Å². The van der Waals surface area contributed by atoms with Crippen molar-refractivity contribution >= 4 is 12.4 Å². The summed E-state index contributed by atoms with van der Waals surface area (Å²) in [6.07, 6.45) is -0.0972. The highest BCUT2D eigenvalue weighted by atomic mass is 35.5. The molecular formula is C5H14ClNO. The molecule has 0 amide bonds. The van der Waals surface area contributed by atoms with Crippen LogP contribution in [-0.4, -0.2) is 13.3 Å². The van der Waals surface area contributed by atoms with E-state index in [0.29, 0.717) is 5.92 Å². The lowest BCUT2D eigenvalue weighted by atomic mass is 10.2. The minimum Gasteiger partial charge on any atom is -0.367 e. The van der Waals surface area contributed by atoms with Crippen LogP contribution in [0.1, 0.15) is 13.8 Å². The molecule has 0 spiro atoms. The van der Waals surface area contributed by atoms with Gasteiger partial charge in [0.15, 0.2) is 0 Å². The van der Waals surface area contributed by atoms with Gasteiger partial charge in [-0.1, -0.05) is 13.8 Å². The van der Waals surface area contributed by atoms with Crippen LogP contribution in [-0.2, 0) is 4.74 Å². The third-order valence-electron chi connectivity index (χ3n) is 0.929. The summed E-state index contributed by atoms with van der Waals surface area (Å²) in [6, 6.07) is 0. The van der Waals surface area contributed by atoms with Gasteiger partial charge in [-0.25, -0.2) is 0 Å². The van der Waals surface area contributed by atoms with Crippen molar-refractivity contribution in [2.24, 2.45) is 11.7 Å². The first-order valence-corrected chi connectivity index (χ1v) is 2.47. The predicted octanol–water partition coefficient (Wildman–Crippen LogP) is 0.995. The fraction of sp³-hybridized carbons (Fsp3) is 1.00. The molecule has 2 N–H and O–H groups in total. The number of nitrogens with two attached hydrogens (primary N) is 1. The molecule has 8 heavy (non-hydrogen) atoms. The first-order chi connectivity index (χ1) is 3.18. The van der Waals surface area contributed by atoms with Gasteiger partial charge in [-0.3, -0.25) is 0 Å². The van der Waals surface area contributed by atoms with E-state index >= 15 is 0 Å². The molecule has 2 nitrogen and oxygen atoms in total. The van der Waals surface area contributed by atoms with Gasteiger partial charge in [0.05, 0.1) is 0 Å². The van der Waals surface area contributed by atoms with Gasteiger partial charge in [0.1, 0.15) is 6.23 Å². The van der Waals surface area contributed by atoms with Crippen molar-refractivity contribution in [2.45, 2.75) is 20.1 Å². The Morgan fingerprint density at radius 2 is 1.75 bits per heavy atom. The maximum Gasteiger partial charge on any atom is 0.107 e. The van der Waals surface area contributed by atoms with Crippen LogP contribution in [0.5, 0.6) is 0 Å². The monoisotopic (exact) mass is 139 g/mol. The summed E-state index contributed by atoms with van der Waals surface area (Å²) in [5.41, 5.74) is 5.39. The third-order valence-corrected chi connectivity index (χ3v) is 0.929. The summed E-state index contributed by atoms with van der Waals surface area (Å²) in [4.78, 5) is 0. The number of halogens is 1. The van der Waals surface area contributed by atoms with Crippen LogP contribution in [0.2, 0.25) is 0 Å². The van der Waals surface area contributed by atoms with Crippen LogP contribution in [0, 0.1) is 5.92 Å². The number of hydrogen-bond acceptors (Lipinski definition) is 2. The van der Waals surface area contributed by atoms with Crippen molar-refractivity contribution in [3.8, 4) is 0 Å². The smallest absolute Gasteiger partial charge is 0.107 e. The lowest BCUT2D eigenvalue weighted by Crippen LogP contribution is -2.27. The summed E-state index contributed by atoms with van der Waals surface area (Å²) < 4.78 is 4.79. The SMILES string of the molecule is COC(N)C(C)C.Cl.